The smallest absolute Gasteiger partial charge is 0.347 e. The molecule has 3 rings (SSSR count). The molecule has 0 aliphatic rings. The number of ether oxygens (including phenoxy) is 1. The summed E-state index contributed by atoms with van der Waals surface area (Å²) in [6.45, 7) is 4.52. The van der Waals surface area contributed by atoms with E-state index in [4.69, 9.17) is 9.15 Å². The molecule has 0 aliphatic carbocycles. The monoisotopic (exact) mass is 360 g/mol. The molecular formula is C23H20O4. The second-order valence-electron chi connectivity index (χ2n) is 6.35. The Kier molecular flexibility index (Phi) is 5.67. The first-order chi connectivity index (χ1) is 13.0. The second-order valence-corrected chi connectivity index (χ2v) is 6.35. The van der Waals surface area contributed by atoms with Gasteiger partial charge in [-0.15, -0.1) is 0 Å². The van der Waals surface area contributed by atoms with E-state index in [2.05, 4.69) is 0 Å². The fourth-order valence-corrected chi connectivity index (χ4v) is 2.51. The van der Waals surface area contributed by atoms with Gasteiger partial charge in [-0.3, -0.25) is 4.79 Å². The van der Waals surface area contributed by atoms with E-state index in [9.17, 15) is 9.59 Å². The molecular weight excluding hydrogens is 340 g/mol. The average molecular weight is 360 g/mol. The lowest BCUT2D eigenvalue weighted by Gasteiger charge is -2.04. The standard InChI is InChI=1S/C23H20O4/c1-16(2)12-13-26-19-8-5-6-17(14-19)10-11-21(24)20-15-18-7-3-4-9-22(18)27-23(20)25/h3-12,14-15H,13H2,1-2H3/b11-10+. The molecule has 0 N–H and O–H groups in total. The van der Waals surface area contributed by atoms with Crippen molar-refractivity contribution >= 4 is 22.8 Å². The fourth-order valence-electron chi connectivity index (χ4n) is 2.51. The van der Waals surface area contributed by atoms with Crippen LogP contribution in [-0.4, -0.2) is 12.4 Å². The van der Waals surface area contributed by atoms with Crippen LogP contribution >= 0.6 is 0 Å². The molecule has 0 atom stereocenters. The highest BCUT2D eigenvalue weighted by atomic mass is 16.5. The lowest BCUT2D eigenvalue weighted by atomic mass is 10.1. The minimum Gasteiger partial charge on any atom is -0.490 e. The summed E-state index contributed by atoms with van der Waals surface area (Å²) in [4.78, 5) is 24.5. The van der Waals surface area contributed by atoms with Gasteiger partial charge in [0.1, 0.15) is 23.5 Å². The summed E-state index contributed by atoms with van der Waals surface area (Å²) in [7, 11) is 0. The number of carbonyl (C=O) groups is 1. The van der Waals surface area contributed by atoms with Crippen molar-refractivity contribution in [2.75, 3.05) is 6.61 Å². The lowest BCUT2D eigenvalue weighted by Crippen LogP contribution is -2.11. The number of benzene rings is 2. The molecule has 2 aromatic carbocycles. The van der Waals surface area contributed by atoms with Crippen molar-refractivity contribution in [1.29, 1.82) is 0 Å². The maximum atomic E-state index is 12.4. The fraction of sp³-hybridized carbons (Fsp3) is 0.130. The van der Waals surface area contributed by atoms with Crippen LogP contribution in [0.5, 0.6) is 5.75 Å². The third-order valence-electron chi connectivity index (χ3n) is 3.93. The topological polar surface area (TPSA) is 56.5 Å². The van der Waals surface area contributed by atoms with E-state index in [0.717, 1.165) is 5.56 Å². The molecule has 0 spiro atoms. The van der Waals surface area contributed by atoms with Gasteiger partial charge in [0, 0.05) is 5.39 Å². The molecule has 27 heavy (non-hydrogen) atoms. The summed E-state index contributed by atoms with van der Waals surface area (Å²) in [5.41, 5.74) is 1.83. The first kappa shape index (κ1) is 18.4. The van der Waals surface area contributed by atoms with Crippen LogP contribution in [0.4, 0.5) is 0 Å². The van der Waals surface area contributed by atoms with Gasteiger partial charge in [-0.25, -0.2) is 4.79 Å². The molecule has 0 saturated carbocycles. The van der Waals surface area contributed by atoms with Crippen LogP contribution in [0.3, 0.4) is 0 Å². The summed E-state index contributed by atoms with van der Waals surface area (Å²) in [6, 6.07) is 16.1. The van der Waals surface area contributed by atoms with Gasteiger partial charge in [0.15, 0.2) is 5.78 Å². The maximum Gasteiger partial charge on any atom is 0.347 e. The zero-order valence-corrected chi connectivity index (χ0v) is 15.3. The molecule has 0 bridgehead atoms. The molecule has 136 valence electrons. The van der Waals surface area contributed by atoms with Gasteiger partial charge in [0.2, 0.25) is 0 Å². The van der Waals surface area contributed by atoms with Crippen molar-refractivity contribution in [1.82, 2.24) is 0 Å². The van der Waals surface area contributed by atoms with Crippen LogP contribution in [-0.2, 0) is 0 Å². The predicted molar refractivity (Wildman–Crippen MR) is 107 cm³/mol. The van der Waals surface area contributed by atoms with Crippen LogP contribution in [0.25, 0.3) is 17.0 Å². The van der Waals surface area contributed by atoms with Crippen molar-refractivity contribution in [3.05, 3.63) is 93.9 Å². The highest BCUT2D eigenvalue weighted by Gasteiger charge is 2.11. The molecule has 1 heterocycles. The molecule has 0 aliphatic heterocycles. The Labute approximate surface area is 157 Å². The van der Waals surface area contributed by atoms with Gasteiger partial charge in [0.25, 0.3) is 0 Å². The van der Waals surface area contributed by atoms with Crippen LogP contribution in [0.2, 0.25) is 0 Å². The van der Waals surface area contributed by atoms with E-state index in [1.54, 1.807) is 30.3 Å². The van der Waals surface area contributed by atoms with Gasteiger partial charge >= 0.3 is 5.63 Å². The van der Waals surface area contributed by atoms with Gasteiger partial charge in [-0.05, 0) is 55.8 Å². The van der Waals surface area contributed by atoms with Crippen molar-refractivity contribution in [3.63, 3.8) is 0 Å². The third kappa shape index (κ3) is 4.82. The Morgan fingerprint density at radius 3 is 2.70 bits per heavy atom. The molecule has 0 radical (unpaired) electrons. The Bertz CT molecular complexity index is 1080. The zero-order chi connectivity index (χ0) is 19.2. The van der Waals surface area contributed by atoms with Crippen molar-refractivity contribution in [2.24, 2.45) is 0 Å². The summed E-state index contributed by atoms with van der Waals surface area (Å²) in [6.07, 6.45) is 5.02. The summed E-state index contributed by atoms with van der Waals surface area (Å²) < 4.78 is 10.9. The predicted octanol–water partition coefficient (Wildman–Crippen LogP) is 5.03. The second kappa shape index (κ2) is 8.32. The number of para-hydroxylation sites is 1. The zero-order valence-electron chi connectivity index (χ0n) is 15.3. The normalized spacial score (nSPS) is 10.9. The maximum absolute atomic E-state index is 12.4. The van der Waals surface area contributed by atoms with E-state index in [1.807, 2.05) is 50.3 Å². The Morgan fingerprint density at radius 2 is 1.89 bits per heavy atom. The Balaban J connectivity index is 1.78. The summed E-state index contributed by atoms with van der Waals surface area (Å²) in [5.74, 6) is 0.317. The lowest BCUT2D eigenvalue weighted by molar-refractivity contribution is 0.104. The summed E-state index contributed by atoms with van der Waals surface area (Å²) in [5, 5.41) is 0.712. The molecule has 4 nitrogen and oxygen atoms in total. The molecule has 0 fully saturated rings. The van der Waals surface area contributed by atoms with Crippen molar-refractivity contribution in [3.8, 4) is 5.75 Å². The molecule has 3 aromatic rings. The number of hydrogen-bond donors (Lipinski definition) is 0. The van der Waals surface area contributed by atoms with Crippen LogP contribution < -0.4 is 10.4 Å². The number of carbonyl (C=O) groups excluding carboxylic acids is 1. The first-order valence-electron chi connectivity index (χ1n) is 8.64. The third-order valence-corrected chi connectivity index (χ3v) is 3.93. The Morgan fingerprint density at radius 1 is 1.07 bits per heavy atom. The molecule has 0 amide bonds. The number of allylic oxidation sites excluding steroid dienone is 2. The van der Waals surface area contributed by atoms with Crippen molar-refractivity contribution in [2.45, 2.75) is 13.8 Å². The van der Waals surface area contributed by atoms with E-state index < -0.39 is 11.4 Å². The van der Waals surface area contributed by atoms with Crippen LogP contribution in [0.15, 0.2) is 81.5 Å². The molecule has 4 heteroatoms. The minimum atomic E-state index is -0.637. The number of rotatable bonds is 6. The summed E-state index contributed by atoms with van der Waals surface area (Å²) >= 11 is 0. The highest BCUT2D eigenvalue weighted by molar-refractivity contribution is 6.07. The van der Waals surface area contributed by atoms with Crippen molar-refractivity contribution < 1.29 is 13.9 Å². The average Bonchev–Trinajstić information content (AvgIpc) is 2.65. The molecule has 1 aromatic heterocycles. The van der Waals surface area contributed by atoms with Gasteiger partial charge in [-0.1, -0.05) is 42.0 Å². The number of hydrogen-bond acceptors (Lipinski definition) is 4. The molecule has 0 saturated heterocycles. The first-order valence-corrected chi connectivity index (χ1v) is 8.64. The SMILES string of the molecule is CC(C)=CCOc1cccc(/C=C/C(=O)c2cc3ccccc3oc2=O)c1. The van der Waals surface area contributed by atoms with Gasteiger partial charge < -0.3 is 9.15 Å². The van der Waals surface area contributed by atoms with Gasteiger partial charge in [0.05, 0.1) is 0 Å². The quantitative estimate of drug-likeness (QED) is 0.268. The van der Waals surface area contributed by atoms with Crippen LogP contribution in [0.1, 0.15) is 29.8 Å². The largest absolute Gasteiger partial charge is 0.490 e. The van der Waals surface area contributed by atoms with E-state index in [-0.39, 0.29) is 5.56 Å². The molecule has 0 unspecified atom stereocenters. The van der Waals surface area contributed by atoms with E-state index in [0.29, 0.717) is 23.3 Å². The Hall–Kier alpha value is -3.40. The van der Waals surface area contributed by atoms with Gasteiger partial charge in [-0.2, -0.15) is 0 Å². The minimum absolute atomic E-state index is 0.0147. The van der Waals surface area contributed by atoms with Crippen LogP contribution in [0, 0.1) is 0 Å². The van der Waals surface area contributed by atoms with E-state index >= 15 is 0 Å². The number of fused-ring (bicyclic) bond motifs is 1. The number of ketones is 1. The highest BCUT2D eigenvalue weighted by Crippen LogP contribution is 2.16. The van der Waals surface area contributed by atoms with E-state index in [1.165, 1.54) is 11.6 Å².